The Morgan fingerprint density at radius 3 is 2.71 bits per heavy atom. The molecule has 0 saturated heterocycles. The average molecular weight is 309 g/mol. The summed E-state index contributed by atoms with van der Waals surface area (Å²) in [5.74, 6) is 0.973. The maximum Gasteiger partial charge on any atom is 0.0409 e. The molecule has 2 nitrogen and oxygen atoms in total. The number of hydrogen-bond acceptors (Lipinski definition) is 2. The molecular formula is C18H29ClN2. The van der Waals surface area contributed by atoms with Crippen LogP contribution in [0.15, 0.2) is 24.3 Å². The van der Waals surface area contributed by atoms with Crippen molar-refractivity contribution < 1.29 is 0 Å². The summed E-state index contributed by atoms with van der Waals surface area (Å²) >= 11 is 6.14. The van der Waals surface area contributed by atoms with Crippen LogP contribution in [0.4, 0.5) is 0 Å². The van der Waals surface area contributed by atoms with Crippen molar-refractivity contribution in [1.29, 1.82) is 0 Å². The van der Waals surface area contributed by atoms with E-state index in [1.807, 2.05) is 6.07 Å². The van der Waals surface area contributed by atoms with E-state index < -0.39 is 0 Å². The first-order valence-electron chi connectivity index (χ1n) is 8.44. The molecule has 0 heterocycles. The van der Waals surface area contributed by atoms with Gasteiger partial charge in [-0.3, -0.25) is 0 Å². The van der Waals surface area contributed by atoms with Crippen molar-refractivity contribution >= 4 is 11.6 Å². The van der Waals surface area contributed by atoms with Crippen LogP contribution in [-0.2, 0) is 0 Å². The zero-order valence-corrected chi connectivity index (χ0v) is 14.2. The van der Waals surface area contributed by atoms with Gasteiger partial charge in [-0.1, -0.05) is 37.6 Å². The Bertz CT molecular complexity index is 417. The zero-order valence-electron chi connectivity index (χ0n) is 13.4. The third-order valence-corrected chi connectivity index (χ3v) is 4.42. The normalized spacial score (nSPS) is 16.4. The molecule has 118 valence electrons. The second kappa shape index (κ2) is 8.77. The molecule has 1 N–H and O–H groups in total. The number of nitrogens with one attached hydrogen (secondary N) is 1. The van der Waals surface area contributed by atoms with Gasteiger partial charge in [0.25, 0.3) is 0 Å². The van der Waals surface area contributed by atoms with Crippen LogP contribution < -0.4 is 5.32 Å². The van der Waals surface area contributed by atoms with E-state index in [9.17, 15) is 0 Å². The molecule has 0 amide bonds. The summed E-state index contributed by atoms with van der Waals surface area (Å²) in [5.41, 5.74) is 1.31. The predicted molar refractivity (Wildman–Crippen MR) is 91.9 cm³/mol. The topological polar surface area (TPSA) is 15.3 Å². The van der Waals surface area contributed by atoms with Crippen molar-refractivity contribution in [1.82, 2.24) is 10.2 Å². The monoisotopic (exact) mass is 308 g/mol. The van der Waals surface area contributed by atoms with Gasteiger partial charge in [0.05, 0.1) is 0 Å². The molecule has 1 saturated carbocycles. The van der Waals surface area contributed by atoms with Crippen LogP contribution in [0.3, 0.4) is 0 Å². The summed E-state index contributed by atoms with van der Waals surface area (Å²) in [6.07, 6.45) is 5.27. The van der Waals surface area contributed by atoms with Crippen LogP contribution in [0.5, 0.6) is 0 Å². The summed E-state index contributed by atoms with van der Waals surface area (Å²) in [6, 6.07) is 8.69. The standard InChI is InChI=1S/C18H29ClN2/c1-3-11-21(14-15-8-9-15)12-10-18(20-4-2)16-6-5-7-17(19)13-16/h5-7,13,15,18,20H,3-4,8-12,14H2,1-2H3. The van der Waals surface area contributed by atoms with Gasteiger partial charge >= 0.3 is 0 Å². The third-order valence-electron chi connectivity index (χ3n) is 4.19. The third kappa shape index (κ3) is 5.98. The van der Waals surface area contributed by atoms with Crippen LogP contribution in [0, 0.1) is 5.92 Å². The average Bonchev–Trinajstić information content (AvgIpc) is 3.27. The fourth-order valence-electron chi connectivity index (χ4n) is 2.94. The van der Waals surface area contributed by atoms with E-state index in [1.165, 1.54) is 44.5 Å². The number of rotatable bonds is 10. The Labute approximate surface area is 134 Å². The highest BCUT2D eigenvalue weighted by Gasteiger charge is 2.24. The highest BCUT2D eigenvalue weighted by molar-refractivity contribution is 6.30. The maximum absolute atomic E-state index is 6.14. The second-order valence-electron chi connectivity index (χ2n) is 6.20. The van der Waals surface area contributed by atoms with Crippen molar-refractivity contribution in [3.05, 3.63) is 34.9 Å². The first kappa shape index (κ1) is 16.8. The van der Waals surface area contributed by atoms with Crippen LogP contribution >= 0.6 is 11.6 Å². The van der Waals surface area contributed by atoms with Crippen LogP contribution in [0.1, 0.15) is 51.1 Å². The SMILES string of the molecule is CCCN(CCC(NCC)c1cccc(Cl)c1)CC1CC1. The largest absolute Gasteiger partial charge is 0.310 e. The molecule has 0 spiro atoms. The van der Waals surface area contributed by atoms with Gasteiger partial charge in [-0.25, -0.2) is 0 Å². The Balaban J connectivity index is 1.91. The molecule has 0 radical (unpaired) electrons. The molecule has 3 heteroatoms. The van der Waals surface area contributed by atoms with Crippen molar-refractivity contribution in [2.24, 2.45) is 5.92 Å². The smallest absolute Gasteiger partial charge is 0.0409 e. The quantitative estimate of drug-likeness (QED) is 0.684. The second-order valence-corrected chi connectivity index (χ2v) is 6.63. The Morgan fingerprint density at radius 2 is 2.10 bits per heavy atom. The van der Waals surface area contributed by atoms with E-state index in [4.69, 9.17) is 11.6 Å². The summed E-state index contributed by atoms with van der Waals surface area (Å²) in [5, 5.41) is 4.44. The molecule has 21 heavy (non-hydrogen) atoms. The minimum Gasteiger partial charge on any atom is -0.310 e. The Hall–Kier alpha value is -0.570. The van der Waals surface area contributed by atoms with Gasteiger partial charge in [-0.15, -0.1) is 0 Å². The molecule has 2 rings (SSSR count). The molecule has 1 atom stereocenters. The summed E-state index contributed by atoms with van der Waals surface area (Å²) < 4.78 is 0. The molecule has 1 aliphatic rings. The summed E-state index contributed by atoms with van der Waals surface area (Å²) in [7, 11) is 0. The molecule has 0 aromatic heterocycles. The van der Waals surface area contributed by atoms with Crippen LogP contribution in [0.2, 0.25) is 5.02 Å². The highest BCUT2D eigenvalue weighted by atomic mass is 35.5. The van der Waals surface area contributed by atoms with Crippen molar-refractivity contribution in [3.8, 4) is 0 Å². The number of hydrogen-bond donors (Lipinski definition) is 1. The van der Waals surface area contributed by atoms with Gasteiger partial charge in [-0.2, -0.15) is 0 Å². The molecule has 1 unspecified atom stereocenters. The lowest BCUT2D eigenvalue weighted by Crippen LogP contribution is -2.31. The van der Waals surface area contributed by atoms with Crippen LogP contribution in [0.25, 0.3) is 0 Å². The van der Waals surface area contributed by atoms with Gasteiger partial charge in [0, 0.05) is 17.6 Å². The predicted octanol–water partition coefficient (Wildman–Crippen LogP) is 4.50. The number of benzene rings is 1. The molecular weight excluding hydrogens is 280 g/mol. The van der Waals surface area contributed by atoms with Gasteiger partial charge in [0.15, 0.2) is 0 Å². The van der Waals surface area contributed by atoms with Gasteiger partial charge in [0.1, 0.15) is 0 Å². The van der Waals surface area contributed by atoms with Crippen molar-refractivity contribution in [3.63, 3.8) is 0 Å². The zero-order chi connectivity index (χ0) is 15.1. The van der Waals surface area contributed by atoms with E-state index in [0.29, 0.717) is 6.04 Å². The molecule has 1 aromatic rings. The highest BCUT2D eigenvalue weighted by Crippen LogP contribution is 2.30. The van der Waals surface area contributed by atoms with Crippen LogP contribution in [-0.4, -0.2) is 31.1 Å². The fourth-order valence-corrected chi connectivity index (χ4v) is 3.14. The van der Waals surface area contributed by atoms with E-state index >= 15 is 0 Å². The maximum atomic E-state index is 6.14. The van der Waals surface area contributed by atoms with Gasteiger partial charge in [-0.05, 0) is 68.9 Å². The molecule has 1 aliphatic carbocycles. The minimum absolute atomic E-state index is 0.409. The summed E-state index contributed by atoms with van der Waals surface area (Å²) in [4.78, 5) is 2.65. The lowest BCUT2D eigenvalue weighted by molar-refractivity contribution is 0.248. The molecule has 0 bridgehead atoms. The molecule has 1 aromatic carbocycles. The van der Waals surface area contributed by atoms with Crippen molar-refractivity contribution in [2.45, 2.75) is 45.6 Å². The van der Waals surface area contributed by atoms with E-state index in [1.54, 1.807) is 0 Å². The van der Waals surface area contributed by atoms with Gasteiger partial charge in [0.2, 0.25) is 0 Å². The minimum atomic E-state index is 0.409. The molecule has 1 fully saturated rings. The van der Waals surface area contributed by atoms with E-state index in [-0.39, 0.29) is 0 Å². The first-order valence-corrected chi connectivity index (χ1v) is 8.82. The lowest BCUT2D eigenvalue weighted by atomic mass is 10.0. The lowest BCUT2D eigenvalue weighted by Gasteiger charge is -2.25. The number of halogens is 1. The van der Waals surface area contributed by atoms with E-state index in [0.717, 1.165) is 23.9 Å². The number of nitrogens with zero attached hydrogens (tertiary/aromatic N) is 1. The van der Waals surface area contributed by atoms with Gasteiger partial charge < -0.3 is 10.2 Å². The summed E-state index contributed by atoms with van der Waals surface area (Å²) in [6.45, 7) is 9.14. The fraction of sp³-hybridized carbons (Fsp3) is 0.667. The Morgan fingerprint density at radius 1 is 1.29 bits per heavy atom. The van der Waals surface area contributed by atoms with E-state index in [2.05, 4.69) is 42.3 Å². The molecule has 0 aliphatic heterocycles. The van der Waals surface area contributed by atoms with Crippen molar-refractivity contribution in [2.75, 3.05) is 26.2 Å². The first-order chi connectivity index (χ1) is 10.2. The Kier molecular flexibility index (Phi) is 7.01.